The number of para-hydroxylation sites is 2. The van der Waals surface area contributed by atoms with Gasteiger partial charge in [-0.05, 0) is 64.5 Å². The van der Waals surface area contributed by atoms with Gasteiger partial charge in [-0.1, -0.05) is 45.7 Å². The number of carbonyl (C=O) groups excluding carboxylic acids is 1. The van der Waals surface area contributed by atoms with E-state index in [9.17, 15) is 9.59 Å². The van der Waals surface area contributed by atoms with Crippen molar-refractivity contribution in [2.24, 2.45) is 5.92 Å². The monoisotopic (exact) mass is 455 g/mol. The van der Waals surface area contributed by atoms with E-state index in [2.05, 4.69) is 44.5 Å². The molecule has 1 saturated heterocycles. The zero-order chi connectivity index (χ0) is 24.1. The Morgan fingerprint density at radius 1 is 1.18 bits per heavy atom. The molecule has 0 aliphatic carbocycles. The van der Waals surface area contributed by atoms with Gasteiger partial charge in [-0.3, -0.25) is 9.69 Å². The number of unbranched alkanes of at least 4 members (excludes halogenated alkanes) is 1. The van der Waals surface area contributed by atoms with Gasteiger partial charge >= 0.3 is 5.97 Å². The summed E-state index contributed by atoms with van der Waals surface area (Å²) in [5.74, 6) is 0.0104. The predicted molar refractivity (Wildman–Crippen MR) is 134 cm³/mol. The fourth-order valence-electron chi connectivity index (χ4n) is 5.77. The lowest BCUT2D eigenvalue weighted by Crippen LogP contribution is -2.53. The molecule has 0 N–H and O–H groups in total. The Kier molecular flexibility index (Phi) is 8.69. The van der Waals surface area contributed by atoms with Crippen molar-refractivity contribution < 1.29 is 9.53 Å². The summed E-state index contributed by atoms with van der Waals surface area (Å²) in [4.78, 5) is 33.2. The molecule has 0 spiro atoms. The maximum Gasteiger partial charge on any atom is 0.362 e. The second-order valence-corrected chi connectivity index (χ2v) is 10.0. The predicted octanol–water partition coefficient (Wildman–Crippen LogP) is 5.59. The third-order valence-electron chi connectivity index (χ3n) is 6.93. The van der Waals surface area contributed by atoms with Crippen LogP contribution in [0, 0.1) is 5.92 Å². The fourth-order valence-corrected chi connectivity index (χ4v) is 5.77. The van der Waals surface area contributed by atoms with Gasteiger partial charge in [0.1, 0.15) is 0 Å². The average molecular weight is 456 g/mol. The summed E-state index contributed by atoms with van der Waals surface area (Å²) in [5.41, 5.74) is 1.02. The van der Waals surface area contributed by atoms with Crippen LogP contribution >= 0.6 is 0 Å². The Balaban J connectivity index is 2.05. The van der Waals surface area contributed by atoms with E-state index in [0.29, 0.717) is 29.6 Å². The van der Waals surface area contributed by atoms with Crippen LogP contribution < -0.4 is 5.56 Å². The number of rotatable bonds is 9. The third-order valence-corrected chi connectivity index (χ3v) is 6.93. The van der Waals surface area contributed by atoms with Crippen LogP contribution in [-0.2, 0) is 4.74 Å². The quantitative estimate of drug-likeness (QED) is 0.461. The molecule has 4 atom stereocenters. The third kappa shape index (κ3) is 5.65. The van der Waals surface area contributed by atoms with Crippen molar-refractivity contribution in [3.05, 3.63) is 40.3 Å². The molecule has 33 heavy (non-hydrogen) atoms. The van der Waals surface area contributed by atoms with Gasteiger partial charge in [-0.15, -0.1) is 0 Å². The average Bonchev–Trinajstić information content (AvgIpc) is 2.76. The van der Waals surface area contributed by atoms with Gasteiger partial charge in [-0.2, -0.15) is 0 Å². The van der Waals surface area contributed by atoms with Gasteiger partial charge in [-0.25, -0.2) is 9.78 Å². The number of fused-ring (bicyclic) bond motifs is 1. The number of esters is 1. The van der Waals surface area contributed by atoms with Crippen molar-refractivity contribution in [1.82, 2.24) is 14.5 Å². The minimum atomic E-state index is -0.638. The smallest absolute Gasteiger partial charge is 0.362 e. The Hall–Kier alpha value is -2.21. The summed E-state index contributed by atoms with van der Waals surface area (Å²) >= 11 is 0. The number of ether oxygens (including phenoxy) is 1. The van der Waals surface area contributed by atoms with E-state index in [0.717, 1.165) is 31.2 Å². The van der Waals surface area contributed by atoms with E-state index in [1.54, 1.807) is 6.92 Å². The minimum absolute atomic E-state index is 0.0259. The van der Waals surface area contributed by atoms with Gasteiger partial charge in [0, 0.05) is 24.2 Å². The van der Waals surface area contributed by atoms with Crippen LogP contribution in [0.3, 0.4) is 0 Å². The topological polar surface area (TPSA) is 64.4 Å². The summed E-state index contributed by atoms with van der Waals surface area (Å²) in [5, 5.41) is 0. The Morgan fingerprint density at radius 2 is 1.91 bits per heavy atom. The first-order valence-corrected chi connectivity index (χ1v) is 12.7. The largest absolute Gasteiger partial charge is 0.461 e. The zero-order valence-electron chi connectivity index (χ0n) is 21.2. The number of hydrogen-bond donors (Lipinski definition) is 0. The van der Waals surface area contributed by atoms with Gasteiger partial charge in [0.05, 0.1) is 17.6 Å². The highest BCUT2D eigenvalue weighted by Gasteiger charge is 2.37. The molecular weight excluding hydrogens is 414 g/mol. The number of likely N-dealkylation sites (tertiary alicyclic amines) is 1. The van der Waals surface area contributed by atoms with E-state index < -0.39 is 5.97 Å². The summed E-state index contributed by atoms with van der Waals surface area (Å²) in [6, 6.07) is 8.93. The molecule has 2 aromatic rings. The lowest BCUT2D eigenvalue weighted by atomic mass is 9.86. The molecule has 1 aliphatic rings. The van der Waals surface area contributed by atoms with Crippen LogP contribution in [0.4, 0.5) is 0 Å². The second kappa shape index (κ2) is 11.3. The summed E-state index contributed by atoms with van der Waals surface area (Å²) in [7, 11) is 0. The van der Waals surface area contributed by atoms with Crippen LogP contribution in [-0.4, -0.2) is 45.2 Å². The van der Waals surface area contributed by atoms with Crippen LogP contribution in [0.25, 0.3) is 11.0 Å². The Morgan fingerprint density at radius 3 is 2.58 bits per heavy atom. The lowest BCUT2D eigenvalue weighted by Gasteiger charge is -2.48. The van der Waals surface area contributed by atoms with Gasteiger partial charge < -0.3 is 9.30 Å². The normalized spacial score (nSPS) is 22.6. The lowest BCUT2D eigenvalue weighted by molar-refractivity contribution is 0.0179. The minimum Gasteiger partial charge on any atom is -0.461 e. The maximum atomic E-state index is 13.6. The summed E-state index contributed by atoms with van der Waals surface area (Å²) in [6.07, 6.45) is 6.41. The van der Waals surface area contributed by atoms with E-state index in [1.165, 1.54) is 12.8 Å². The van der Waals surface area contributed by atoms with Crippen LogP contribution in [0.15, 0.2) is 29.1 Å². The van der Waals surface area contributed by atoms with Crippen molar-refractivity contribution in [2.45, 2.75) is 104 Å². The molecule has 3 rings (SSSR count). The maximum absolute atomic E-state index is 13.6. The molecule has 1 fully saturated rings. The first-order valence-electron chi connectivity index (χ1n) is 12.7. The van der Waals surface area contributed by atoms with Crippen molar-refractivity contribution >= 4 is 17.0 Å². The standard InChI is InChI=1S/C27H41N3O3/c1-7-9-12-21-17-22(16-20(6)29(21)19(5)15-18(3)4)30-24-14-11-10-13-23(24)28-25(26(30)31)27(32)33-8-2/h10-11,13-14,18-22H,7-9,12,15-17H2,1-6H3. The number of aromatic nitrogens is 2. The van der Waals surface area contributed by atoms with Gasteiger partial charge in [0.2, 0.25) is 5.69 Å². The van der Waals surface area contributed by atoms with E-state index >= 15 is 0 Å². The van der Waals surface area contributed by atoms with Crippen molar-refractivity contribution in [3.8, 4) is 0 Å². The van der Waals surface area contributed by atoms with Crippen LogP contribution in [0.5, 0.6) is 0 Å². The first kappa shape index (κ1) is 25.4. The second-order valence-electron chi connectivity index (χ2n) is 10.0. The van der Waals surface area contributed by atoms with Gasteiger partial charge in [0.15, 0.2) is 0 Å². The number of nitrogens with zero attached hydrogens (tertiary/aromatic N) is 3. The highest BCUT2D eigenvalue weighted by molar-refractivity contribution is 5.89. The van der Waals surface area contributed by atoms with Crippen molar-refractivity contribution in [2.75, 3.05) is 6.61 Å². The first-order chi connectivity index (χ1) is 15.8. The van der Waals surface area contributed by atoms with E-state index in [4.69, 9.17) is 4.74 Å². The zero-order valence-corrected chi connectivity index (χ0v) is 21.2. The van der Waals surface area contributed by atoms with Crippen molar-refractivity contribution in [3.63, 3.8) is 0 Å². The van der Waals surface area contributed by atoms with Gasteiger partial charge in [0.25, 0.3) is 5.56 Å². The molecule has 1 aliphatic heterocycles. The summed E-state index contributed by atoms with van der Waals surface area (Å²) in [6.45, 7) is 13.4. The molecule has 2 heterocycles. The molecule has 0 saturated carbocycles. The van der Waals surface area contributed by atoms with Crippen LogP contribution in [0.1, 0.15) is 96.6 Å². The number of carbonyl (C=O) groups is 1. The molecule has 0 bridgehead atoms. The molecule has 4 unspecified atom stereocenters. The molecule has 6 nitrogen and oxygen atoms in total. The van der Waals surface area contributed by atoms with E-state index in [-0.39, 0.29) is 23.9 Å². The van der Waals surface area contributed by atoms with Crippen molar-refractivity contribution in [1.29, 1.82) is 0 Å². The molecule has 1 aromatic carbocycles. The molecule has 0 radical (unpaired) electrons. The summed E-state index contributed by atoms with van der Waals surface area (Å²) < 4.78 is 7.00. The fraction of sp³-hybridized carbons (Fsp3) is 0.667. The number of piperidine rings is 1. The Labute approximate surface area is 198 Å². The highest BCUT2D eigenvalue weighted by atomic mass is 16.5. The molecular formula is C27H41N3O3. The Bertz CT molecular complexity index is 1000. The van der Waals surface area contributed by atoms with Crippen LogP contribution in [0.2, 0.25) is 0 Å². The molecule has 182 valence electrons. The highest BCUT2D eigenvalue weighted by Crippen LogP contribution is 2.36. The van der Waals surface area contributed by atoms with E-state index in [1.807, 2.05) is 28.8 Å². The molecule has 1 aromatic heterocycles. The molecule has 6 heteroatoms. The number of benzene rings is 1. The number of hydrogen-bond acceptors (Lipinski definition) is 5. The molecule has 0 amide bonds. The SMILES string of the molecule is CCCCC1CC(n2c(=O)c(C(=O)OCC)nc3ccccc32)CC(C)N1C(C)CC(C)C.